The smallest absolute Gasteiger partial charge is 0.326 e. The van der Waals surface area contributed by atoms with Crippen molar-refractivity contribution in [3.8, 4) is 0 Å². The van der Waals surface area contributed by atoms with Crippen molar-refractivity contribution in [2.45, 2.75) is 57.2 Å². The maximum absolute atomic E-state index is 12.5. The average Bonchev–Trinajstić information content (AvgIpc) is 3.11. The second kappa shape index (κ2) is 5.87. The lowest BCUT2D eigenvalue weighted by molar-refractivity contribution is -0.150. The predicted octanol–water partition coefficient (Wildman–Crippen LogP) is 1.52. The Balaban J connectivity index is 1.70. The van der Waals surface area contributed by atoms with Gasteiger partial charge in [-0.3, -0.25) is 4.79 Å². The number of carbonyl (C=O) groups excluding carboxylic acids is 1. The first-order chi connectivity index (χ1) is 10.2. The molecule has 3 atom stereocenters. The van der Waals surface area contributed by atoms with E-state index in [9.17, 15) is 14.7 Å². The van der Waals surface area contributed by atoms with Crippen LogP contribution in [0.5, 0.6) is 0 Å². The summed E-state index contributed by atoms with van der Waals surface area (Å²) in [6.45, 7) is 0.555. The maximum atomic E-state index is 12.5. The lowest BCUT2D eigenvalue weighted by Crippen LogP contribution is -2.46. The molecule has 1 aliphatic carbocycles. The van der Waals surface area contributed by atoms with Gasteiger partial charge in [0.05, 0.1) is 6.33 Å². The van der Waals surface area contributed by atoms with E-state index in [1.54, 1.807) is 17.4 Å². The Hall–Kier alpha value is -1.85. The maximum Gasteiger partial charge on any atom is 0.326 e. The number of hydrogen-bond acceptors (Lipinski definition) is 3. The quantitative estimate of drug-likeness (QED) is 0.912. The summed E-state index contributed by atoms with van der Waals surface area (Å²) in [6.07, 6.45) is 10.4. The molecule has 1 aromatic heterocycles. The van der Waals surface area contributed by atoms with E-state index in [1.807, 2.05) is 10.8 Å². The van der Waals surface area contributed by atoms with Gasteiger partial charge in [0.25, 0.3) is 0 Å². The van der Waals surface area contributed by atoms with Crippen molar-refractivity contribution >= 4 is 11.9 Å². The van der Waals surface area contributed by atoms with Gasteiger partial charge < -0.3 is 14.6 Å². The Kier molecular flexibility index (Phi) is 3.94. The molecule has 0 bridgehead atoms. The van der Waals surface area contributed by atoms with Crippen molar-refractivity contribution in [1.82, 2.24) is 14.5 Å². The van der Waals surface area contributed by atoms with E-state index in [-0.39, 0.29) is 11.9 Å². The first kappa shape index (κ1) is 14.1. The molecule has 1 N–H and O–H groups in total. The largest absolute Gasteiger partial charge is 0.480 e. The topological polar surface area (TPSA) is 75.4 Å². The number of carboxylic acid groups (broad SMARTS) is 1. The molecule has 2 heterocycles. The van der Waals surface area contributed by atoms with Gasteiger partial charge in [-0.2, -0.15) is 0 Å². The predicted molar refractivity (Wildman–Crippen MR) is 75.5 cm³/mol. The molecule has 0 unspecified atom stereocenters. The molecule has 0 radical (unpaired) electrons. The molecule has 2 fully saturated rings. The van der Waals surface area contributed by atoms with Crippen LogP contribution in [0.15, 0.2) is 18.7 Å². The standard InChI is InChI=1S/C15H21N3O3/c19-14(5-7-17-8-6-16-10-17)18-12-4-2-1-3-11(12)9-13(18)15(20)21/h6,8,10-13H,1-5,7,9H2,(H,20,21)/t11-,12-,13+/m1/s1. The Bertz CT molecular complexity index is 514. The zero-order valence-corrected chi connectivity index (χ0v) is 12.0. The number of amides is 1. The lowest BCUT2D eigenvalue weighted by Gasteiger charge is -2.33. The van der Waals surface area contributed by atoms with Gasteiger partial charge in [-0.1, -0.05) is 12.8 Å². The Morgan fingerprint density at radius 1 is 1.29 bits per heavy atom. The van der Waals surface area contributed by atoms with Gasteiger partial charge >= 0.3 is 5.97 Å². The summed E-state index contributed by atoms with van der Waals surface area (Å²) in [5, 5.41) is 9.42. The number of carboxylic acids is 1. The molecule has 6 heteroatoms. The van der Waals surface area contributed by atoms with Crippen molar-refractivity contribution in [1.29, 1.82) is 0 Å². The minimum atomic E-state index is -0.861. The van der Waals surface area contributed by atoms with Crippen LogP contribution < -0.4 is 0 Å². The summed E-state index contributed by atoms with van der Waals surface area (Å²) in [5.74, 6) is -0.525. The molecule has 0 aromatic carbocycles. The number of aliphatic carboxylic acids is 1. The SMILES string of the molecule is O=C(O)[C@@H]1C[C@H]2CCCC[C@H]2N1C(=O)CCn1ccnc1. The van der Waals surface area contributed by atoms with Gasteiger partial charge in [0.2, 0.25) is 5.91 Å². The summed E-state index contributed by atoms with van der Waals surface area (Å²) < 4.78 is 1.85. The molecule has 1 saturated heterocycles. The second-order valence-electron chi connectivity index (χ2n) is 6.05. The van der Waals surface area contributed by atoms with Crippen LogP contribution >= 0.6 is 0 Å². The van der Waals surface area contributed by atoms with Crippen LogP contribution in [0.2, 0.25) is 0 Å². The molecule has 1 aliphatic heterocycles. The zero-order valence-electron chi connectivity index (χ0n) is 12.0. The fourth-order valence-corrected chi connectivity index (χ4v) is 3.81. The Morgan fingerprint density at radius 2 is 2.10 bits per heavy atom. The third-order valence-corrected chi connectivity index (χ3v) is 4.80. The molecule has 2 aliphatic rings. The van der Waals surface area contributed by atoms with Crippen LogP contribution in [0.25, 0.3) is 0 Å². The number of nitrogens with zero attached hydrogens (tertiary/aromatic N) is 3. The van der Waals surface area contributed by atoms with Gasteiger partial charge in [-0.05, 0) is 25.2 Å². The van der Waals surface area contributed by atoms with Crippen LogP contribution in [0.4, 0.5) is 0 Å². The van der Waals surface area contributed by atoms with Gasteiger partial charge in [-0.25, -0.2) is 9.78 Å². The highest BCUT2D eigenvalue weighted by molar-refractivity contribution is 5.84. The van der Waals surface area contributed by atoms with Crippen molar-refractivity contribution in [3.05, 3.63) is 18.7 Å². The molecule has 1 saturated carbocycles. The fraction of sp³-hybridized carbons (Fsp3) is 0.667. The number of aromatic nitrogens is 2. The van der Waals surface area contributed by atoms with Crippen LogP contribution in [-0.4, -0.2) is 43.5 Å². The zero-order chi connectivity index (χ0) is 14.8. The molecule has 1 aromatic rings. The van der Waals surface area contributed by atoms with Gasteiger partial charge in [0, 0.05) is 31.4 Å². The van der Waals surface area contributed by atoms with Crippen molar-refractivity contribution in [2.75, 3.05) is 0 Å². The molecule has 114 valence electrons. The normalized spacial score (nSPS) is 28.4. The van der Waals surface area contributed by atoms with E-state index < -0.39 is 12.0 Å². The summed E-state index contributed by atoms with van der Waals surface area (Å²) in [4.78, 5) is 29.6. The van der Waals surface area contributed by atoms with Gasteiger partial charge in [0.15, 0.2) is 0 Å². The molecule has 6 nitrogen and oxygen atoms in total. The van der Waals surface area contributed by atoms with E-state index in [2.05, 4.69) is 4.98 Å². The first-order valence-electron chi connectivity index (χ1n) is 7.66. The summed E-state index contributed by atoms with van der Waals surface area (Å²) in [5.41, 5.74) is 0. The fourth-order valence-electron chi connectivity index (χ4n) is 3.81. The van der Waals surface area contributed by atoms with Crippen molar-refractivity contribution < 1.29 is 14.7 Å². The number of likely N-dealkylation sites (tertiary alicyclic amines) is 1. The number of imidazole rings is 1. The second-order valence-corrected chi connectivity index (χ2v) is 6.05. The highest BCUT2D eigenvalue weighted by Crippen LogP contribution is 2.40. The van der Waals surface area contributed by atoms with Gasteiger partial charge in [0.1, 0.15) is 6.04 Å². The van der Waals surface area contributed by atoms with E-state index in [1.165, 1.54) is 0 Å². The van der Waals surface area contributed by atoms with Crippen molar-refractivity contribution in [2.24, 2.45) is 5.92 Å². The highest BCUT2D eigenvalue weighted by Gasteiger charge is 2.47. The molecule has 1 amide bonds. The van der Waals surface area contributed by atoms with E-state index in [0.29, 0.717) is 25.3 Å². The van der Waals surface area contributed by atoms with Gasteiger partial charge in [-0.15, -0.1) is 0 Å². The monoisotopic (exact) mass is 291 g/mol. The first-order valence-corrected chi connectivity index (χ1v) is 7.66. The minimum absolute atomic E-state index is 0.0366. The molecular weight excluding hydrogens is 270 g/mol. The number of fused-ring (bicyclic) bond motifs is 1. The Morgan fingerprint density at radius 3 is 2.81 bits per heavy atom. The summed E-state index contributed by atoms with van der Waals surface area (Å²) in [7, 11) is 0. The molecule has 3 rings (SSSR count). The number of carbonyl (C=O) groups is 2. The lowest BCUT2D eigenvalue weighted by atomic mass is 9.84. The Labute approximate surface area is 123 Å². The number of rotatable bonds is 4. The number of hydrogen-bond donors (Lipinski definition) is 1. The third kappa shape index (κ3) is 2.80. The van der Waals surface area contributed by atoms with E-state index in [0.717, 1.165) is 25.7 Å². The van der Waals surface area contributed by atoms with E-state index in [4.69, 9.17) is 0 Å². The summed E-state index contributed by atoms with van der Waals surface area (Å²) >= 11 is 0. The minimum Gasteiger partial charge on any atom is -0.480 e. The van der Waals surface area contributed by atoms with Crippen LogP contribution in [0.3, 0.4) is 0 Å². The molecule has 21 heavy (non-hydrogen) atoms. The molecule has 0 spiro atoms. The van der Waals surface area contributed by atoms with Crippen LogP contribution in [0.1, 0.15) is 38.5 Å². The number of aryl methyl sites for hydroxylation is 1. The third-order valence-electron chi connectivity index (χ3n) is 4.80. The molecular formula is C15H21N3O3. The van der Waals surface area contributed by atoms with E-state index >= 15 is 0 Å². The highest BCUT2D eigenvalue weighted by atomic mass is 16.4. The van der Waals surface area contributed by atoms with Crippen LogP contribution in [-0.2, 0) is 16.1 Å². The average molecular weight is 291 g/mol. The van der Waals surface area contributed by atoms with Crippen molar-refractivity contribution in [3.63, 3.8) is 0 Å². The summed E-state index contributed by atoms with van der Waals surface area (Å²) in [6, 6.07) is -0.497. The van der Waals surface area contributed by atoms with Crippen LogP contribution in [0, 0.1) is 5.92 Å².